The number of fused-ring (bicyclic) bond motifs is 1. The number of hydrogen-bond donors (Lipinski definition) is 2. The molecule has 5 rings (SSSR count). The number of nitrogen functional groups attached to an aromatic ring is 1. The third kappa shape index (κ3) is 4.66. The molecule has 10 heteroatoms. The summed E-state index contributed by atoms with van der Waals surface area (Å²) in [6.07, 6.45) is 2.91. The largest absolute Gasteiger partial charge is 0.397 e. The zero-order valence-corrected chi connectivity index (χ0v) is 19.6. The molecule has 0 bridgehead atoms. The fourth-order valence-corrected chi connectivity index (χ4v) is 5.47. The van der Waals surface area contributed by atoms with Crippen LogP contribution in [0.4, 0.5) is 17.3 Å². The topological polar surface area (TPSA) is 122 Å². The number of nitrogens with zero attached hydrogens (tertiary/aromatic N) is 4. The third-order valence-corrected chi connectivity index (χ3v) is 7.88. The predicted octanol–water partition coefficient (Wildman–Crippen LogP) is 2.98. The van der Waals surface area contributed by atoms with Gasteiger partial charge in [0.15, 0.2) is 0 Å². The molecule has 0 atom stereocenters. The van der Waals surface area contributed by atoms with E-state index in [0.29, 0.717) is 49.1 Å². The molecular weight excluding hydrogens is 464 g/mol. The second-order valence-corrected chi connectivity index (χ2v) is 10.2. The van der Waals surface area contributed by atoms with Gasteiger partial charge < -0.3 is 16.0 Å². The van der Waals surface area contributed by atoms with Crippen molar-refractivity contribution in [3.05, 3.63) is 84.7 Å². The monoisotopic (exact) mass is 488 g/mol. The van der Waals surface area contributed by atoms with E-state index in [1.54, 1.807) is 36.4 Å². The lowest BCUT2D eigenvalue weighted by molar-refractivity contribution is 0.102. The summed E-state index contributed by atoms with van der Waals surface area (Å²) >= 11 is 0. The molecule has 1 fully saturated rings. The summed E-state index contributed by atoms with van der Waals surface area (Å²) < 4.78 is 27.9. The second-order valence-electron chi connectivity index (χ2n) is 8.21. The molecular formula is C25H24N6O3S. The average Bonchev–Trinajstić information content (AvgIpc) is 2.90. The summed E-state index contributed by atoms with van der Waals surface area (Å²) in [4.78, 5) is 23.3. The Morgan fingerprint density at radius 2 is 1.51 bits per heavy atom. The van der Waals surface area contributed by atoms with Crippen LogP contribution >= 0.6 is 0 Å². The van der Waals surface area contributed by atoms with Gasteiger partial charge in [-0.1, -0.05) is 42.5 Å². The number of nitrogens with two attached hydrogens (primary N) is 1. The van der Waals surface area contributed by atoms with Gasteiger partial charge in [-0.05, 0) is 35.0 Å². The minimum atomic E-state index is -3.61. The first-order valence-electron chi connectivity index (χ1n) is 11.1. The minimum absolute atomic E-state index is 0.287. The van der Waals surface area contributed by atoms with E-state index in [1.165, 1.54) is 16.7 Å². The van der Waals surface area contributed by atoms with Crippen LogP contribution in [0.2, 0.25) is 0 Å². The smallest absolute Gasteiger partial charge is 0.258 e. The van der Waals surface area contributed by atoms with Gasteiger partial charge in [0.05, 0.1) is 21.8 Å². The van der Waals surface area contributed by atoms with E-state index < -0.39 is 10.0 Å². The zero-order valence-electron chi connectivity index (χ0n) is 18.8. The molecule has 0 aliphatic carbocycles. The normalized spacial score (nSPS) is 14.7. The van der Waals surface area contributed by atoms with Gasteiger partial charge in [0.2, 0.25) is 16.0 Å². The molecule has 1 saturated heterocycles. The summed E-state index contributed by atoms with van der Waals surface area (Å²) in [5.41, 5.74) is 7.16. The number of piperazine rings is 1. The van der Waals surface area contributed by atoms with Crippen molar-refractivity contribution in [1.82, 2.24) is 14.3 Å². The lowest BCUT2D eigenvalue weighted by atomic mass is 10.1. The number of rotatable bonds is 5. The highest BCUT2D eigenvalue weighted by Gasteiger charge is 2.29. The van der Waals surface area contributed by atoms with E-state index in [1.807, 2.05) is 35.2 Å². The highest BCUT2D eigenvalue weighted by molar-refractivity contribution is 7.89. The molecule has 4 aromatic rings. The standard InChI is InChI=1S/C25H24N6O3S/c26-22-7-3-4-8-23(22)29-24(32)20-16-27-25(28-17-20)30-11-13-31(14-12-30)35(33,34)21-10-9-18-5-1-2-6-19(18)15-21/h1-10,15-17H,11-14,26H2,(H,29,32). The first-order chi connectivity index (χ1) is 16.9. The van der Waals surface area contributed by atoms with Crippen molar-refractivity contribution in [2.75, 3.05) is 42.1 Å². The van der Waals surface area contributed by atoms with Gasteiger partial charge in [-0.2, -0.15) is 4.31 Å². The van der Waals surface area contributed by atoms with Crippen molar-refractivity contribution in [2.45, 2.75) is 4.90 Å². The van der Waals surface area contributed by atoms with Crippen LogP contribution in [0.1, 0.15) is 10.4 Å². The number of hydrogen-bond acceptors (Lipinski definition) is 7. The zero-order chi connectivity index (χ0) is 24.4. The number of aromatic nitrogens is 2. The van der Waals surface area contributed by atoms with E-state index in [2.05, 4.69) is 15.3 Å². The number of amides is 1. The molecule has 0 spiro atoms. The Labute approximate surface area is 203 Å². The maximum Gasteiger partial charge on any atom is 0.258 e. The van der Waals surface area contributed by atoms with Gasteiger partial charge in [0.25, 0.3) is 5.91 Å². The van der Waals surface area contributed by atoms with Crippen molar-refractivity contribution >= 4 is 44.0 Å². The highest BCUT2D eigenvalue weighted by atomic mass is 32.2. The van der Waals surface area contributed by atoms with E-state index in [4.69, 9.17) is 5.73 Å². The Kier molecular flexibility index (Phi) is 6.06. The molecule has 0 saturated carbocycles. The van der Waals surface area contributed by atoms with Crippen LogP contribution in [-0.2, 0) is 10.0 Å². The molecule has 3 N–H and O–H groups in total. The average molecular weight is 489 g/mol. The molecule has 1 amide bonds. The maximum absolute atomic E-state index is 13.2. The Bertz CT molecular complexity index is 1480. The molecule has 0 radical (unpaired) electrons. The fraction of sp³-hybridized carbons (Fsp3) is 0.160. The number of anilines is 3. The summed E-state index contributed by atoms with van der Waals surface area (Å²) in [6.45, 7) is 1.51. The molecule has 1 aliphatic heterocycles. The Balaban J connectivity index is 1.23. The van der Waals surface area contributed by atoms with Crippen molar-refractivity contribution < 1.29 is 13.2 Å². The van der Waals surface area contributed by atoms with Crippen molar-refractivity contribution in [3.63, 3.8) is 0 Å². The lowest BCUT2D eigenvalue weighted by Crippen LogP contribution is -2.49. The fourth-order valence-electron chi connectivity index (χ4n) is 4.01. The predicted molar refractivity (Wildman–Crippen MR) is 136 cm³/mol. The van der Waals surface area contributed by atoms with Crippen LogP contribution in [0.3, 0.4) is 0 Å². The number of carbonyl (C=O) groups is 1. The van der Waals surface area contributed by atoms with E-state index >= 15 is 0 Å². The summed E-state index contributed by atoms with van der Waals surface area (Å²) in [6, 6.07) is 19.9. The first-order valence-corrected chi connectivity index (χ1v) is 12.6. The number of benzene rings is 3. The Morgan fingerprint density at radius 1 is 0.857 bits per heavy atom. The van der Waals surface area contributed by atoms with Crippen LogP contribution in [-0.4, -0.2) is 54.8 Å². The lowest BCUT2D eigenvalue weighted by Gasteiger charge is -2.34. The summed E-state index contributed by atoms with van der Waals surface area (Å²) in [5, 5.41) is 4.63. The Hall–Kier alpha value is -4.02. The summed E-state index contributed by atoms with van der Waals surface area (Å²) in [7, 11) is -3.61. The van der Waals surface area contributed by atoms with Gasteiger partial charge >= 0.3 is 0 Å². The number of para-hydroxylation sites is 2. The second kappa shape index (κ2) is 9.32. The molecule has 35 heavy (non-hydrogen) atoms. The molecule has 0 unspecified atom stereocenters. The molecule has 1 aromatic heterocycles. The molecule has 9 nitrogen and oxygen atoms in total. The number of carbonyl (C=O) groups excluding carboxylic acids is 1. The number of nitrogens with one attached hydrogen (secondary N) is 1. The van der Waals surface area contributed by atoms with Crippen LogP contribution in [0.25, 0.3) is 10.8 Å². The molecule has 3 aromatic carbocycles. The van der Waals surface area contributed by atoms with E-state index in [-0.39, 0.29) is 10.8 Å². The molecule has 178 valence electrons. The first kappa shape index (κ1) is 22.8. The molecule has 2 heterocycles. The highest BCUT2D eigenvalue weighted by Crippen LogP contribution is 2.24. The van der Waals surface area contributed by atoms with Gasteiger partial charge in [-0.3, -0.25) is 4.79 Å². The van der Waals surface area contributed by atoms with Crippen molar-refractivity contribution in [3.8, 4) is 0 Å². The van der Waals surface area contributed by atoms with Gasteiger partial charge in [0.1, 0.15) is 0 Å². The minimum Gasteiger partial charge on any atom is -0.397 e. The SMILES string of the molecule is Nc1ccccc1NC(=O)c1cnc(N2CCN(S(=O)(=O)c3ccc4ccccc4c3)CC2)nc1. The van der Waals surface area contributed by atoms with Crippen LogP contribution in [0.15, 0.2) is 84.0 Å². The summed E-state index contributed by atoms with van der Waals surface area (Å²) in [5.74, 6) is 0.0873. The Morgan fingerprint density at radius 3 is 2.23 bits per heavy atom. The van der Waals surface area contributed by atoms with Crippen LogP contribution in [0.5, 0.6) is 0 Å². The number of sulfonamides is 1. The third-order valence-electron chi connectivity index (χ3n) is 5.99. The van der Waals surface area contributed by atoms with Crippen LogP contribution < -0.4 is 16.0 Å². The quantitative estimate of drug-likeness (QED) is 0.414. The van der Waals surface area contributed by atoms with Gasteiger partial charge in [0, 0.05) is 38.6 Å². The molecule has 1 aliphatic rings. The van der Waals surface area contributed by atoms with Crippen molar-refractivity contribution in [1.29, 1.82) is 0 Å². The van der Waals surface area contributed by atoms with Gasteiger partial charge in [-0.25, -0.2) is 18.4 Å². The van der Waals surface area contributed by atoms with E-state index in [9.17, 15) is 13.2 Å². The van der Waals surface area contributed by atoms with E-state index in [0.717, 1.165) is 10.8 Å². The van der Waals surface area contributed by atoms with Crippen LogP contribution in [0, 0.1) is 0 Å². The maximum atomic E-state index is 13.2. The van der Waals surface area contributed by atoms with Crippen molar-refractivity contribution in [2.24, 2.45) is 0 Å². The van der Waals surface area contributed by atoms with Gasteiger partial charge in [-0.15, -0.1) is 0 Å².